The van der Waals surface area contributed by atoms with Gasteiger partial charge in [-0.05, 0) is 62.5 Å². The van der Waals surface area contributed by atoms with Crippen LogP contribution < -0.4 is 15.0 Å². The van der Waals surface area contributed by atoms with E-state index in [1.165, 1.54) is 18.9 Å². The summed E-state index contributed by atoms with van der Waals surface area (Å²) in [5.41, 5.74) is 0.630. The van der Waals surface area contributed by atoms with E-state index in [-0.39, 0.29) is 47.0 Å². The number of nitrogens with zero attached hydrogens (tertiary/aromatic N) is 2. The number of fused-ring (bicyclic) bond motifs is 2. The molecule has 1 saturated heterocycles. The van der Waals surface area contributed by atoms with Crippen molar-refractivity contribution in [2.75, 3.05) is 37.1 Å². The molecule has 1 amide bonds. The molecule has 9 heteroatoms. The number of amides is 1. The van der Waals surface area contributed by atoms with Gasteiger partial charge in [0.25, 0.3) is 11.9 Å². The smallest absolute Gasteiger partial charge is 0.298 e. The maximum Gasteiger partial charge on any atom is 0.298 e. The zero-order valence-electron chi connectivity index (χ0n) is 20.5. The number of anilines is 2. The standard InChI is InChI=1S/C26H33F2N3O4/c1-4-26(33-3)13-31(14-26)25-30-22(21(35-25)5-6-27)24(32)29-18-7-15(2)23(20(28)12-18)34-19-10-16-8-17(9-16)11-19/h7,12,16-17,19H,4-6,8-11,13-14H2,1-3H3,(H,29,32). The van der Waals surface area contributed by atoms with Crippen LogP contribution >= 0.6 is 0 Å². The molecule has 3 aliphatic carbocycles. The van der Waals surface area contributed by atoms with Crippen molar-refractivity contribution in [3.63, 3.8) is 0 Å². The Bertz CT molecular complexity index is 1050. The second-order valence-electron chi connectivity index (χ2n) is 10.3. The van der Waals surface area contributed by atoms with Crippen molar-refractivity contribution < 1.29 is 27.5 Å². The van der Waals surface area contributed by atoms with Crippen LogP contribution in [0.25, 0.3) is 0 Å². The molecule has 190 valence electrons. The van der Waals surface area contributed by atoms with Gasteiger partial charge < -0.3 is 24.1 Å². The molecule has 1 aromatic carbocycles. The third kappa shape index (κ3) is 4.62. The number of aryl methyl sites for hydroxylation is 2. The summed E-state index contributed by atoms with van der Waals surface area (Å²) in [5.74, 6) is 0.732. The Balaban J connectivity index is 1.28. The summed E-state index contributed by atoms with van der Waals surface area (Å²) in [6.07, 6.45) is 5.28. The molecule has 0 atom stereocenters. The number of benzene rings is 1. The van der Waals surface area contributed by atoms with Crippen LogP contribution in [0.1, 0.15) is 60.8 Å². The summed E-state index contributed by atoms with van der Waals surface area (Å²) < 4.78 is 45.4. The van der Waals surface area contributed by atoms with E-state index in [1.807, 2.05) is 11.8 Å². The molecule has 7 nitrogen and oxygen atoms in total. The van der Waals surface area contributed by atoms with E-state index in [0.717, 1.165) is 19.3 Å². The third-order valence-corrected chi connectivity index (χ3v) is 7.83. The van der Waals surface area contributed by atoms with Crippen molar-refractivity contribution in [1.82, 2.24) is 4.98 Å². The van der Waals surface area contributed by atoms with E-state index in [2.05, 4.69) is 10.3 Å². The highest BCUT2D eigenvalue weighted by molar-refractivity contribution is 6.04. The van der Waals surface area contributed by atoms with Gasteiger partial charge in [0.05, 0.1) is 25.9 Å². The summed E-state index contributed by atoms with van der Waals surface area (Å²) >= 11 is 0. The summed E-state index contributed by atoms with van der Waals surface area (Å²) in [4.78, 5) is 19.2. The Kier molecular flexibility index (Phi) is 6.46. The van der Waals surface area contributed by atoms with Crippen LogP contribution in [0, 0.1) is 24.6 Å². The molecule has 0 unspecified atom stereocenters. The fraction of sp³-hybridized carbons (Fsp3) is 0.615. The Morgan fingerprint density at radius 2 is 1.97 bits per heavy atom. The average Bonchev–Trinajstić information content (AvgIpc) is 3.20. The fourth-order valence-corrected chi connectivity index (χ4v) is 5.69. The quantitative estimate of drug-likeness (QED) is 0.530. The number of carbonyl (C=O) groups is 1. The fourth-order valence-electron chi connectivity index (χ4n) is 5.69. The number of ether oxygens (including phenoxy) is 2. The van der Waals surface area contributed by atoms with Crippen LogP contribution in [-0.2, 0) is 11.2 Å². The van der Waals surface area contributed by atoms with Crippen molar-refractivity contribution in [3.8, 4) is 5.75 Å². The first-order valence-corrected chi connectivity index (χ1v) is 12.5. The molecule has 6 rings (SSSR count). The Labute approximate surface area is 204 Å². The highest BCUT2D eigenvalue weighted by Crippen LogP contribution is 2.47. The van der Waals surface area contributed by atoms with E-state index >= 15 is 0 Å². The number of nitrogens with one attached hydrogen (secondary N) is 1. The summed E-state index contributed by atoms with van der Waals surface area (Å²) in [6, 6.07) is 3.19. The van der Waals surface area contributed by atoms with Crippen molar-refractivity contribution in [2.24, 2.45) is 11.8 Å². The molecule has 3 saturated carbocycles. The lowest BCUT2D eigenvalue weighted by atomic mass is 9.64. The predicted molar refractivity (Wildman–Crippen MR) is 127 cm³/mol. The second-order valence-corrected chi connectivity index (χ2v) is 10.3. The Morgan fingerprint density at radius 3 is 2.57 bits per heavy atom. The van der Waals surface area contributed by atoms with Crippen LogP contribution in [0.2, 0.25) is 0 Å². The number of hydrogen-bond acceptors (Lipinski definition) is 6. The molecule has 2 aromatic rings. The topological polar surface area (TPSA) is 76.8 Å². The lowest BCUT2D eigenvalue weighted by Gasteiger charge is -2.47. The average molecular weight is 490 g/mol. The number of rotatable bonds is 9. The molecule has 0 spiro atoms. The molecule has 0 radical (unpaired) electrons. The largest absolute Gasteiger partial charge is 0.487 e. The molecular weight excluding hydrogens is 456 g/mol. The third-order valence-electron chi connectivity index (χ3n) is 7.83. The first kappa shape index (κ1) is 24.0. The van der Waals surface area contributed by atoms with E-state index in [9.17, 15) is 13.6 Å². The number of carbonyl (C=O) groups excluding carboxylic acids is 1. The van der Waals surface area contributed by atoms with Gasteiger partial charge >= 0.3 is 0 Å². The molecule has 35 heavy (non-hydrogen) atoms. The van der Waals surface area contributed by atoms with E-state index in [1.54, 1.807) is 20.1 Å². The van der Waals surface area contributed by atoms with Crippen molar-refractivity contribution in [1.29, 1.82) is 0 Å². The van der Waals surface area contributed by atoms with Gasteiger partial charge in [0, 0.05) is 25.3 Å². The highest BCUT2D eigenvalue weighted by Gasteiger charge is 2.44. The van der Waals surface area contributed by atoms with Crippen molar-refractivity contribution in [3.05, 3.63) is 35.0 Å². The van der Waals surface area contributed by atoms with Gasteiger partial charge in [-0.2, -0.15) is 4.98 Å². The molecule has 1 aromatic heterocycles. The number of methoxy groups -OCH3 is 1. The molecule has 4 fully saturated rings. The summed E-state index contributed by atoms with van der Waals surface area (Å²) in [7, 11) is 1.67. The summed E-state index contributed by atoms with van der Waals surface area (Å²) in [5, 5.41) is 2.69. The molecule has 4 aliphatic rings. The first-order chi connectivity index (χ1) is 16.8. The second kappa shape index (κ2) is 9.41. The van der Waals surface area contributed by atoms with Gasteiger partial charge in [0.15, 0.2) is 17.3 Å². The minimum atomic E-state index is -0.686. The zero-order chi connectivity index (χ0) is 24.7. The molecule has 1 N–H and O–H groups in total. The van der Waals surface area contributed by atoms with Gasteiger partial charge in [-0.25, -0.2) is 4.39 Å². The molecule has 2 heterocycles. The van der Waals surface area contributed by atoms with Crippen molar-refractivity contribution >= 4 is 17.6 Å². The zero-order valence-corrected chi connectivity index (χ0v) is 20.5. The van der Waals surface area contributed by atoms with Crippen LogP contribution in [0.15, 0.2) is 16.5 Å². The number of halogens is 2. The van der Waals surface area contributed by atoms with Gasteiger partial charge in [0.1, 0.15) is 11.4 Å². The van der Waals surface area contributed by atoms with Crippen LogP contribution in [0.5, 0.6) is 5.75 Å². The van der Waals surface area contributed by atoms with E-state index < -0.39 is 18.4 Å². The van der Waals surface area contributed by atoms with E-state index in [4.69, 9.17) is 13.9 Å². The van der Waals surface area contributed by atoms with Gasteiger partial charge in [-0.3, -0.25) is 9.18 Å². The molecule has 1 aliphatic heterocycles. The van der Waals surface area contributed by atoms with Crippen molar-refractivity contribution in [2.45, 2.75) is 64.1 Å². The number of oxazole rings is 1. The lowest BCUT2D eigenvalue weighted by molar-refractivity contribution is -0.0379. The lowest BCUT2D eigenvalue weighted by Crippen LogP contribution is -2.62. The van der Waals surface area contributed by atoms with Gasteiger partial charge in [0.2, 0.25) is 0 Å². The Morgan fingerprint density at radius 1 is 1.26 bits per heavy atom. The highest BCUT2D eigenvalue weighted by atomic mass is 19.1. The normalized spacial score (nSPS) is 24.5. The summed E-state index contributed by atoms with van der Waals surface area (Å²) in [6.45, 7) is 4.27. The SMILES string of the molecule is CCC1(OC)CN(c2nc(C(=O)Nc3cc(C)c(OC4CC5CC(C5)C4)c(F)c3)c(CCF)o2)C1. The number of hydrogen-bond donors (Lipinski definition) is 1. The first-order valence-electron chi connectivity index (χ1n) is 12.5. The van der Waals surface area contributed by atoms with E-state index in [0.29, 0.717) is 30.5 Å². The minimum Gasteiger partial charge on any atom is -0.487 e. The van der Waals surface area contributed by atoms with Crippen LogP contribution in [0.3, 0.4) is 0 Å². The van der Waals surface area contributed by atoms with Gasteiger partial charge in [-0.15, -0.1) is 0 Å². The predicted octanol–water partition coefficient (Wildman–Crippen LogP) is 5.07. The van der Waals surface area contributed by atoms with Crippen LogP contribution in [-0.4, -0.2) is 49.5 Å². The van der Waals surface area contributed by atoms with Gasteiger partial charge in [-0.1, -0.05) is 6.92 Å². The maximum atomic E-state index is 15.0. The van der Waals surface area contributed by atoms with Crippen LogP contribution in [0.4, 0.5) is 20.5 Å². The Hall–Kier alpha value is -2.68. The minimum absolute atomic E-state index is 0.00360. The maximum absolute atomic E-state index is 15.0. The molecular formula is C26H33F2N3O4. The number of aromatic nitrogens is 1. The number of alkyl halides is 1. The monoisotopic (exact) mass is 489 g/mol. The molecule has 2 bridgehead atoms.